The molecule has 1 aliphatic rings. The maximum Gasteiger partial charge on any atom is 0.00668 e. The summed E-state index contributed by atoms with van der Waals surface area (Å²) in [7, 11) is 0. The normalized spacial score (nSPS) is 18.5. The molecule has 1 unspecified atom stereocenters. The zero-order chi connectivity index (χ0) is 9.40. The summed E-state index contributed by atoms with van der Waals surface area (Å²) in [5.41, 5.74) is 0. The van der Waals surface area contributed by atoms with E-state index in [9.17, 15) is 0 Å². The lowest BCUT2D eigenvalue weighted by Gasteiger charge is -2.22. The van der Waals surface area contributed by atoms with E-state index in [1.807, 2.05) is 13.8 Å². The average Bonchev–Trinajstić information content (AvgIpc) is 2.60. The van der Waals surface area contributed by atoms with Crippen LogP contribution in [-0.4, -0.2) is 24.0 Å². The first-order valence-electron chi connectivity index (χ1n) is 5.58. The van der Waals surface area contributed by atoms with Crippen molar-refractivity contribution >= 4 is 0 Å². The van der Waals surface area contributed by atoms with E-state index in [0.717, 1.165) is 6.04 Å². The van der Waals surface area contributed by atoms with Crippen molar-refractivity contribution < 1.29 is 4.70 Å². The average molecular weight is 191 g/mol. The SMILES string of the molecule is CC.CCCC(C)N1CCCC1.F. The Bertz CT molecular complexity index is 90.1. The summed E-state index contributed by atoms with van der Waals surface area (Å²) < 4.78 is 0. The molecule has 82 valence electrons. The van der Waals surface area contributed by atoms with Crippen molar-refractivity contribution in [2.24, 2.45) is 0 Å². The molecule has 1 atom stereocenters. The van der Waals surface area contributed by atoms with E-state index < -0.39 is 0 Å². The Balaban J connectivity index is 0. The van der Waals surface area contributed by atoms with Gasteiger partial charge in [-0.05, 0) is 39.3 Å². The summed E-state index contributed by atoms with van der Waals surface area (Å²) in [4.78, 5) is 2.61. The minimum atomic E-state index is 0. The lowest BCUT2D eigenvalue weighted by atomic mass is 10.2. The van der Waals surface area contributed by atoms with Crippen LogP contribution in [0.15, 0.2) is 0 Å². The van der Waals surface area contributed by atoms with Crippen LogP contribution in [0.2, 0.25) is 0 Å². The van der Waals surface area contributed by atoms with Crippen LogP contribution in [-0.2, 0) is 0 Å². The van der Waals surface area contributed by atoms with Gasteiger partial charge in [0.25, 0.3) is 0 Å². The van der Waals surface area contributed by atoms with Crippen molar-refractivity contribution in [3.63, 3.8) is 0 Å². The Morgan fingerprint density at radius 2 is 1.62 bits per heavy atom. The van der Waals surface area contributed by atoms with Crippen LogP contribution >= 0.6 is 0 Å². The molecular weight excluding hydrogens is 165 g/mol. The molecule has 1 aliphatic heterocycles. The highest BCUT2D eigenvalue weighted by Crippen LogP contribution is 2.14. The fourth-order valence-electron chi connectivity index (χ4n) is 1.78. The monoisotopic (exact) mass is 191 g/mol. The Kier molecular flexibility index (Phi) is 11.8. The summed E-state index contributed by atoms with van der Waals surface area (Å²) in [6.45, 7) is 11.3. The number of hydrogen-bond acceptors (Lipinski definition) is 1. The second-order valence-electron chi connectivity index (χ2n) is 3.38. The van der Waals surface area contributed by atoms with Gasteiger partial charge in [0.1, 0.15) is 0 Å². The molecule has 1 heterocycles. The Labute approximate surface area is 82.9 Å². The molecule has 1 fully saturated rings. The van der Waals surface area contributed by atoms with Crippen molar-refractivity contribution in [3.05, 3.63) is 0 Å². The maximum absolute atomic E-state index is 2.61. The van der Waals surface area contributed by atoms with Gasteiger partial charge in [-0.25, -0.2) is 0 Å². The zero-order valence-corrected chi connectivity index (χ0v) is 9.68. The fraction of sp³-hybridized carbons (Fsp3) is 1.00. The van der Waals surface area contributed by atoms with Gasteiger partial charge >= 0.3 is 0 Å². The molecule has 0 aliphatic carbocycles. The molecule has 0 aromatic heterocycles. The number of hydrogen-bond donors (Lipinski definition) is 0. The van der Waals surface area contributed by atoms with Crippen molar-refractivity contribution in [1.29, 1.82) is 0 Å². The second-order valence-corrected chi connectivity index (χ2v) is 3.38. The Morgan fingerprint density at radius 1 is 1.15 bits per heavy atom. The predicted octanol–water partition coefficient (Wildman–Crippen LogP) is 3.45. The molecule has 0 spiro atoms. The lowest BCUT2D eigenvalue weighted by Crippen LogP contribution is -2.29. The van der Waals surface area contributed by atoms with Gasteiger partial charge in [-0.3, -0.25) is 4.70 Å². The first-order chi connectivity index (χ1) is 5.84. The second kappa shape index (κ2) is 9.97. The molecule has 0 saturated carbocycles. The molecule has 0 aromatic rings. The van der Waals surface area contributed by atoms with Gasteiger partial charge in [-0.15, -0.1) is 0 Å². The molecular formula is C11H26FN. The van der Waals surface area contributed by atoms with E-state index in [2.05, 4.69) is 18.7 Å². The number of likely N-dealkylation sites (tertiary alicyclic amines) is 1. The topological polar surface area (TPSA) is 3.24 Å². The zero-order valence-electron chi connectivity index (χ0n) is 9.68. The highest BCUT2D eigenvalue weighted by atomic mass is 19.0. The van der Waals surface area contributed by atoms with Gasteiger partial charge in [0, 0.05) is 6.04 Å². The lowest BCUT2D eigenvalue weighted by molar-refractivity contribution is 0.246. The number of nitrogens with zero attached hydrogens (tertiary/aromatic N) is 1. The van der Waals surface area contributed by atoms with Crippen LogP contribution in [0.25, 0.3) is 0 Å². The van der Waals surface area contributed by atoms with E-state index in [1.54, 1.807) is 0 Å². The van der Waals surface area contributed by atoms with E-state index >= 15 is 0 Å². The van der Waals surface area contributed by atoms with Crippen molar-refractivity contribution in [2.75, 3.05) is 13.1 Å². The van der Waals surface area contributed by atoms with Crippen molar-refractivity contribution in [3.8, 4) is 0 Å². The summed E-state index contributed by atoms with van der Waals surface area (Å²) in [5.74, 6) is 0. The Hall–Kier alpha value is -0.110. The molecule has 0 bridgehead atoms. The van der Waals surface area contributed by atoms with Gasteiger partial charge in [-0.2, -0.15) is 0 Å². The fourth-order valence-corrected chi connectivity index (χ4v) is 1.78. The summed E-state index contributed by atoms with van der Waals surface area (Å²) in [6.07, 6.45) is 5.56. The first kappa shape index (κ1) is 15.4. The van der Waals surface area contributed by atoms with Crippen molar-refractivity contribution in [2.45, 2.75) is 59.4 Å². The van der Waals surface area contributed by atoms with Gasteiger partial charge in [0.2, 0.25) is 0 Å². The third-order valence-corrected chi connectivity index (χ3v) is 2.47. The summed E-state index contributed by atoms with van der Waals surface area (Å²) in [6, 6.07) is 0.840. The minimum absolute atomic E-state index is 0. The third kappa shape index (κ3) is 6.03. The van der Waals surface area contributed by atoms with Crippen LogP contribution in [0, 0.1) is 0 Å². The molecule has 0 N–H and O–H groups in total. The predicted molar refractivity (Wildman–Crippen MR) is 59.0 cm³/mol. The van der Waals surface area contributed by atoms with Crippen LogP contribution in [0.4, 0.5) is 4.70 Å². The highest BCUT2D eigenvalue weighted by Gasteiger charge is 2.16. The van der Waals surface area contributed by atoms with Gasteiger partial charge in [0.15, 0.2) is 0 Å². The standard InChI is InChI=1S/C9H19N.C2H6.FH/c1-3-6-9(2)10-7-4-5-8-10;1-2;/h9H,3-8H2,1-2H3;1-2H3;1H. The smallest absolute Gasteiger partial charge is 0.00668 e. The molecule has 13 heavy (non-hydrogen) atoms. The van der Waals surface area contributed by atoms with Crippen LogP contribution in [0.1, 0.15) is 53.4 Å². The quantitative estimate of drug-likeness (QED) is 0.660. The minimum Gasteiger partial charge on any atom is -0.301 e. The Morgan fingerprint density at radius 3 is 2.00 bits per heavy atom. The number of rotatable bonds is 3. The van der Waals surface area contributed by atoms with E-state index in [4.69, 9.17) is 0 Å². The molecule has 0 radical (unpaired) electrons. The number of halogens is 1. The van der Waals surface area contributed by atoms with Crippen LogP contribution < -0.4 is 0 Å². The van der Waals surface area contributed by atoms with Gasteiger partial charge in [-0.1, -0.05) is 27.2 Å². The van der Waals surface area contributed by atoms with E-state index in [-0.39, 0.29) is 4.70 Å². The van der Waals surface area contributed by atoms with Crippen LogP contribution in [0.3, 0.4) is 0 Å². The van der Waals surface area contributed by atoms with Gasteiger partial charge < -0.3 is 4.90 Å². The van der Waals surface area contributed by atoms with Crippen LogP contribution in [0.5, 0.6) is 0 Å². The molecule has 2 heteroatoms. The highest BCUT2D eigenvalue weighted by molar-refractivity contribution is 4.71. The molecule has 1 saturated heterocycles. The first-order valence-corrected chi connectivity index (χ1v) is 5.58. The van der Waals surface area contributed by atoms with E-state index in [0.29, 0.717) is 0 Å². The molecule has 1 rings (SSSR count). The molecule has 0 amide bonds. The molecule has 0 aromatic carbocycles. The van der Waals surface area contributed by atoms with E-state index in [1.165, 1.54) is 38.8 Å². The summed E-state index contributed by atoms with van der Waals surface area (Å²) in [5, 5.41) is 0. The largest absolute Gasteiger partial charge is 0.301 e. The van der Waals surface area contributed by atoms with Gasteiger partial charge in [0.05, 0.1) is 0 Å². The maximum atomic E-state index is 2.61. The summed E-state index contributed by atoms with van der Waals surface area (Å²) >= 11 is 0. The third-order valence-electron chi connectivity index (χ3n) is 2.47. The van der Waals surface area contributed by atoms with Crippen molar-refractivity contribution in [1.82, 2.24) is 4.90 Å². The molecule has 1 nitrogen and oxygen atoms in total.